The van der Waals surface area contributed by atoms with E-state index in [0.29, 0.717) is 16.8 Å². The highest BCUT2D eigenvalue weighted by Gasteiger charge is 2.32. The predicted octanol–water partition coefficient (Wildman–Crippen LogP) is 2.29. The van der Waals surface area contributed by atoms with Crippen molar-refractivity contribution in [1.82, 2.24) is 14.3 Å². The third-order valence-electron chi connectivity index (χ3n) is 4.11. The molecule has 1 aliphatic heterocycles. The number of nitrogens with zero attached hydrogens (tertiary/aromatic N) is 3. The molecule has 0 spiro atoms. The second-order valence-corrected chi connectivity index (χ2v) is 6.75. The Balaban J connectivity index is 1.44. The molecule has 3 aromatic rings. The van der Waals surface area contributed by atoms with Crippen LogP contribution in [0.1, 0.15) is 20.7 Å². The predicted molar refractivity (Wildman–Crippen MR) is 97.4 cm³/mol. The van der Waals surface area contributed by atoms with Crippen LogP contribution >= 0.6 is 11.8 Å². The molecule has 0 atom stereocenters. The van der Waals surface area contributed by atoms with E-state index in [1.807, 2.05) is 28.8 Å². The summed E-state index contributed by atoms with van der Waals surface area (Å²) in [6.07, 6.45) is 3.64. The van der Waals surface area contributed by atoms with E-state index in [-0.39, 0.29) is 23.5 Å². The molecule has 0 radical (unpaired) electrons. The molecule has 130 valence electrons. The summed E-state index contributed by atoms with van der Waals surface area (Å²) in [6.45, 7) is 0. The number of carbonyl (C=O) groups is 3. The van der Waals surface area contributed by atoms with E-state index in [4.69, 9.17) is 0 Å². The quantitative estimate of drug-likeness (QED) is 0.566. The van der Waals surface area contributed by atoms with Gasteiger partial charge in [0, 0.05) is 18.9 Å². The highest BCUT2D eigenvalue weighted by molar-refractivity contribution is 7.99. The van der Waals surface area contributed by atoms with Crippen LogP contribution in [0.2, 0.25) is 0 Å². The lowest BCUT2D eigenvalue weighted by Crippen LogP contribution is -2.24. The lowest BCUT2D eigenvalue weighted by Gasteiger charge is -2.06. The number of aromatic nitrogens is 2. The van der Waals surface area contributed by atoms with E-state index in [2.05, 4.69) is 10.3 Å². The maximum absolute atomic E-state index is 12.2. The number of thioether (sulfide) groups is 1. The van der Waals surface area contributed by atoms with Crippen molar-refractivity contribution in [2.24, 2.45) is 0 Å². The number of rotatable bonds is 4. The van der Waals surface area contributed by atoms with Crippen molar-refractivity contribution in [3.8, 4) is 0 Å². The summed E-state index contributed by atoms with van der Waals surface area (Å²) in [6, 6.07) is 10.5. The van der Waals surface area contributed by atoms with E-state index >= 15 is 0 Å². The summed E-state index contributed by atoms with van der Waals surface area (Å²) < 4.78 is 1.91. The number of imidazole rings is 1. The average Bonchev–Trinajstić information content (AvgIpc) is 3.15. The van der Waals surface area contributed by atoms with E-state index in [1.54, 1.807) is 18.3 Å². The summed E-state index contributed by atoms with van der Waals surface area (Å²) in [7, 11) is 1.44. The molecular formula is C18H14N4O3S. The standard InChI is InChI=1S/C18H14N4O3S/c1-21-16(24)13-6-5-11(8-14(13)17(21)25)20-15(23)10-26-18-19-9-12-4-2-3-7-22(12)18/h2-9H,10H2,1H3,(H,20,23). The highest BCUT2D eigenvalue weighted by Crippen LogP contribution is 2.25. The Morgan fingerprint density at radius 1 is 1.15 bits per heavy atom. The molecule has 1 aromatic carbocycles. The molecule has 0 fully saturated rings. The van der Waals surface area contributed by atoms with Gasteiger partial charge in [-0.05, 0) is 30.3 Å². The van der Waals surface area contributed by atoms with Crippen LogP contribution in [0, 0.1) is 0 Å². The first-order chi connectivity index (χ1) is 12.5. The fourth-order valence-electron chi connectivity index (χ4n) is 2.79. The zero-order chi connectivity index (χ0) is 18.3. The molecule has 3 amide bonds. The van der Waals surface area contributed by atoms with Gasteiger partial charge < -0.3 is 5.32 Å². The Kier molecular flexibility index (Phi) is 3.96. The number of pyridine rings is 1. The number of anilines is 1. The minimum absolute atomic E-state index is 0.178. The maximum atomic E-state index is 12.2. The fraction of sp³-hybridized carbons (Fsp3) is 0.111. The molecule has 2 aromatic heterocycles. The van der Waals surface area contributed by atoms with Gasteiger partial charge in [-0.3, -0.25) is 23.7 Å². The van der Waals surface area contributed by atoms with E-state index in [9.17, 15) is 14.4 Å². The minimum atomic E-state index is -0.362. The second-order valence-electron chi connectivity index (χ2n) is 5.80. The third-order valence-corrected chi connectivity index (χ3v) is 5.08. The Labute approximate surface area is 153 Å². The Bertz CT molecular complexity index is 1060. The zero-order valence-corrected chi connectivity index (χ0v) is 14.6. The highest BCUT2D eigenvalue weighted by atomic mass is 32.2. The van der Waals surface area contributed by atoms with Crippen molar-refractivity contribution in [3.05, 3.63) is 59.9 Å². The molecule has 1 N–H and O–H groups in total. The van der Waals surface area contributed by atoms with Gasteiger partial charge in [-0.1, -0.05) is 17.8 Å². The number of imide groups is 1. The van der Waals surface area contributed by atoms with Crippen LogP contribution < -0.4 is 5.32 Å². The smallest absolute Gasteiger partial charge is 0.261 e. The van der Waals surface area contributed by atoms with Gasteiger partial charge >= 0.3 is 0 Å². The molecule has 0 unspecified atom stereocenters. The molecule has 1 aliphatic rings. The second kappa shape index (κ2) is 6.30. The number of fused-ring (bicyclic) bond motifs is 2. The number of carbonyl (C=O) groups excluding carboxylic acids is 3. The van der Waals surface area contributed by atoms with Gasteiger partial charge in [0.25, 0.3) is 11.8 Å². The maximum Gasteiger partial charge on any atom is 0.261 e. The van der Waals surface area contributed by atoms with Gasteiger partial charge in [0.15, 0.2) is 5.16 Å². The fourth-order valence-corrected chi connectivity index (χ4v) is 3.56. The van der Waals surface area contributed by atoms with Crippen molar-refractivity contribution in [1.29, 1.82) is 0 Å². The molecule has 3 heterocycles. The van der Waals surface area contributed by atoms with Gasteiger partial charge in [0.05, 0.1) is 28.6 Å². The lowest BCUT2D eigenvalue weighted by molar-refractivity contribution is -0.113. The van der Waals surface area contributed by atoms with E-state index in [0.717, 1.165) is 15.6 Å². The molecule has 7 nitrogen and oxygen atoms in total. The first-order valence-electron chi connectivity index (χ1n) is 7.86. The van der Waals surface area contributed by atoms with Gasteiger partial charge in [0.1, 0.15) is 0 Å². The van der Waals surface area contributed by atoms with Crippen LogP contribution in [0.25, 0.3) is 5.52 Å². The molecule has 26 heavy (non-hydrogen) atoms. The largest absolute Gasteiger partial charge is 0.325 e. The first kappa shape index (κ1) is 16.3. The lowest BCUT2D eigenvalue weighted by atomic mass is 10.1. The van der Waals surface area contributed by atoms with E-state index in [1.165, 1.54) is 24.9 Å². The summed E-state index contributed by atoms with van der Waals surface area (Å²) in [5, 5.41) is 3.48. The van der Waals surface area contributed by atoms with Crippen molar-refractivity contribution in [2.75, 3.05) is 18.1 Å². The van der Waals surface area contributed by atoms with Crippen molar-refractivity contribution < 1.29 is 14.4 Å². The molecule has 4 rings (SSSR count). The van der Waals surface area contributed by atoms with Crippen LogP contribution in [-0.2, 0) is 4.79 Å². The Morgan fingerprint density at radius 3 is 2.81 bits per heavy atom. The number of nitrogens with one attached hydrogen (secondary N) is 1. The normalized spacial score (nSPS) is 13.3. The number of amides is 3. The molecule has 8 heteroatoms. The zero-order valence-electron chi connectivity index (χ0n) is 13.8. The molecule has 0 aliphatic carbocycles. The van der Waals surface area contributed by atoms with Crippen molar-refractivity contribution >= 4 is 40.7 Å². The third kappa shape index (κ3) is 2.74. The first-order valence-corrected chi connectivity index (χ1v) is 8.84. The number of hydrogen-bond acceptors (Lipinski definition) is 5. The van der Waals surface area contributed by atoms with Gasteiger partial charge in [-0.15, -0.1) is 0 Å². The van der Waals surface area contributed by atoms with Crippen LogP contribution in [-0.4, -0.2) is 44.8 Å². The number of hydrogen-bond donors (Lipinski definition) is 1. The SMILES string of the molecule is CN1C(=O)c2ccc(NC(=O)CSc3ncc4ccccn34)cc2C1=O. The molecule has 0 saturated heterocycles. The number of benzene rings is 1. The average molecular weight is 366 g/mol. The van der Waals surface area contributed by atoms with Crippen LogP contribution in [0.3, 0.4) is 0 Å². The minimum Gasteiger partial charge on any atom is -0.325 e. The van der Waals surface area contributed by atoms with Gasteiger partial charge in [-0.2, -0.15) is 0 Å². The van der Waals surface area contributed by atoms with Crippen molar-refractivity contribution in [2.45, 2.75) is 5.16 Å². The van der Waals surface area contributed by atoms with Crippen LogP contribution in [0.15, 0.2) is 53.9 Å². The Morgan fingerprint density at radius 2 is 1.96 bits per heavy atom. The molecule has 0 bridgehead atoms. The molecule has 0 saturated carbocycles. The summed E-state index contributed by atoms with van der Waals surface area (Å²) >= 11 is 1.32. The summed E-state index contributed by atoms with van der Waals surface area (Å²) in [5.41, 5.74) is 2.11. The van der Waals surface area contributed by atoms with Crippen LogP contribution in [0.5, 0.6) is 0 Å². The topological polar surface area (TPSA) is 83.8 Å². The molecular weight excluding hydrogens is 352 g/mol. The van der Waals surface area contributed by atoms with E-state index < -0.39 is 0 Å². The Hall–Kier alpha value is -3.13. The monoisotopic (exact) mass is 366 g/mol. The summed E-state index contributed by atoms with van der Waals surface area (Å²) in [4.78, 5) is 41.5. The van der Waals surface area contributed by atoms with Crippen molar-refractivity contribution in [3.63, 3.8) is 0 Å². The van der Waals surface area contributed by atoms with Crippen LogP contribution in [0.4, 0.5) is 5.69 Å². The summed E-state index contributed by atoms with van der Waals surface area (Å²) in [5.74, 6) is -0.727. The van der Waals surface area contributed by atoms with Gasteiger partial charge in [0.2, 0.25) is 5.91 Å². The van der Waals surface area contributed by atoms with Gasteiger partial charge in [-0.25, -0.2) is 4.98 Å².